The highest BCUT2D eigenvalue weighted by molar-refractivity contribution is 8.01. The molecule has 4 nitrogen and oxygen atoms in total. The molecule has 0 radical (unpaired) electrons. The quantitative estimate of drug-likeness (QED) is 0.856. The molecule has 1 fully saturated rings. The Bertz CT molecular complexity index is 693. The average molecular weight is 372 g/mol. The zero-order valence-corrected chi connectivity index (χ0v) is 14.5. The SMILES string of the molecule is C[C@@H]1CCCCN1C(=O)C[C@H]1Sc2ccc(C(F)(F)F)cc2NC1=O. The van der Waals surface area contributed by atoms with Crippen LogP contribution in [0.2, 0.25) is 0 Å². The maximum absolute atomic E-state index is 12.8. The predicted molar refractivity (Wildman–Crippen MR) is 89.4 cm³/mol. The second-order valence-corrected chi connectivity index (χ2v) is 7.69. The van der Waals surface area contributed by atoms with E-state index in [0.717, 1.165) is 43.2 Å². The second-order valence-electron chi connectivity index (χ2n) is 6.44. The minimum Gasteiger partial charge on any atom is -0.340 e. The number of thioether (sulfide) groups is 1. The van der Waals surface area contributed by atoms with Crippen molar-refractivity contribution >= 4 is 29.3 Å². The van der Waals surface area contributed by atoms with Crippen molar-refractivity contribution in [1.29, 1.82) is 0 Å². The number of halogens is 3. The van der Waals surface area contributed by atoms with Crippen LogP contribution in [0.25, 0.3) is 0 Å². The van der Waals surface area contributed by atoms with Crippen molar-refractivity contribution in [2.75, 3.05) is 11.9 Å². The summed E-state index contributed by atoms with van der Waals surface area (Å²) in [7, 11) is 0. The van der Waals surface area contributed by atoms with Gasteiger partial charge in [0.25, 0.3) is 0 Å². The van der Waals surface area contributed by atoms with Crippen LogP contribution in [-0.2, 0) is 15.8 Å². The Hall–Kier alpha value is -1.70. The van der Waals surface area contributed by atoms with Crippen LogP contribution in [0.3, 0.4) is 0 Å². The van der Waals surface area contributed by atoms with Crippen molar-refractivity contribution in [1.82, 2.24) is 4.90 Å². The lowest BCUT2D eigenvalue weighted by atomic mass is 10.0. The molecule has 0 spiro atoms. The molecule has 2 amide bonds. The number of likely N-dealkylation sites (tertiary alicyclic amines) is 1. The van der Waals surface area contributed by atoms with Crippen molar-refractivity contribution in [3.63, 3.8) is 0 Å². The minimum absolute atomic E-state index is 0.0568. The summed E-state index contributed by atoms with van der Waals surface area (Å²) >= 11 is 1.15. The fourth-order valence-corrected chi connectivity index (χ4v) is 4.29. The molecule has 1 N–H and O–H groups in total. The summed E-state index contributed by atoms with van der Waals surface area (Å²) in [5.74, 6) is -0.495. The number of carbonyl (C=O) groups is 2. The monoisotopic (exact) mass is 372 g/mol. The van der Waals surface area contributed by atoms with Crippen LogP contribution in [-0.4, -0.2) is 34.6 Å². The molecule has 3 rings (SSSR count). The van der Waals surface area contributed by atoms with E-state index in [0.29, 0.717) is 11.4 Å². The smallest absolute Gasteiger partial charge is 0.340 e. The Balaban J connectivity index is 1.71. The molecule has 2 aliphatic heterocycles. The van der Waals surface area contributed by atoms with Crippen molar-refractivity contribution in [3.8, 4) is 0 Å². The number of rotatable bonds is 2. The number of nitrogens with one attached hydrogen (secondary N) is 1. The van der Waals surface area contributed by atoms with Crippen LogP contribution in [0.15, 0.2) is 23.1 Å². The number of piperidine rings is 1. The molecule has 1 aromatic rings. The maximum atomic E-state index is 12.8. The van der Waals surface area contributed by atoms with Crippen LogP contribution in [0.1, 0.15) is 38.2 Å². The van der Waals surface area contributed by atoms with E-state index in [1.807, 2.05) is 6.92 Å². The number of carbonyl (C=O) groups excluding carboxylic acids is 2. The fraction of sp³-hybridized carbons (Fsp3) is 0.529. The van der Waals surface area contributed by atoms with E-state index < -0.39 is 22.9 Å². The van der Waals surface area contributed by atoms with E-state index >= 15 is 0 Å². The molecule has 1 aromatic carbocycles. The van der Waals surface area contributed by atoms with Crippen LogP contribution < -0.4 is 5.32 Å². The van der Waals surface area contributed by atoms with E-state index in [-0.39, 0.29) is 24.1 Å². The zero-order chi connectivity index (χ0) is 18.2. The van der Waals surface area contributed by atoms with Crippen LogP contribution in [0.4, 0.5) is 18.9 Å². The number of anilines is 1. The van der Waals surface area contributed by atoms with Gasteiger partial charge in [0.2, 0.25) is 11.8 Å². The highest BCUT2D eigenvalue weighted by Gasteiger charge is 2.35. The molecular formula is C17H19F3N2O2S. The first kappa shape index (κ1) is 18.1. The number of alkyl halides is 3. The lowest BCUT2D eigenvalue weighted by molar-refractivity contribution is -0.137. The molecule has 0 unspecified atom stereocenters. The van der Waals surface area contributed by atoms with Crippen molar-refractivity contribution in [2.24, 2.45) is 0 Å². The molecule has 0 aromatic heterocycles. The third-order valence-corrected chi connectivity index (χ3v) is 5.88. The van der Waals surface area contributed by atoms with Gasteiger partial charge in [-0.1, -0.05) is 0 Å². The molecule has 0 bridgehead atoms. The van der Waals surface area contributed by atoms with Crippen LogP contribution >= 0.6 is 11.8 Å². The van der Waals surface area contributed by atoms with Gasteiger partial charge >= 0.3 is 6.18 Å². The molecule has 2 heterocycles. The van der Waals surface area contributed by atoms with Gasteiger partial charge in [0, 0.05) is 23.9 Å². The summed E-state index contributed by atoms with van der Waals surface area (Å²) in [4.78, 5) is 27.1. The Morgan fingerprint density at radius 2 is 2.12 bits per heavy atom. The first-order valence-corrected chi connectivity index (χ1v) is 9.12. The predicted octanol–water partition coefficient (Wildman–Crippen LogP) is 3.91. The number of fused-ring (bicyclic) bond motifs is 1. The standard InChI is InChI=1S/C17H19F3N2O2S/c1-10-4-2-3-7-22(10)15(23)9-14-16(24)21-12-8-11(17(18,19)20)5-6-13(12)25-14/h5-6,8,10,14H,2-4,7,9H2,1H3,(H,21,24)/t10-,14-/m1/s1. The van der Waals surface area contributed by atoms with E-state index in [1.165, 1.54) is 6.07 Å². The van der Waals surface area contributed by atoms with Crippen LogP contribution in [0.5, 0.6) is 0 Å². The largest absolute Gasteiger partial charge is 0.416 e. The molecule has 8 heteroatoms. The number of hydrogen-bond acceptors (Lipinski definition) is 3. The lowest BCUT2D eigenvalue weighted by Crippen LogP contribution is -2.44. The van der Waals surface area contributed by atoms with Crippen molar-refractivity contribution in [3.05, 3.63) is 23.8 Å². The van der Waals surface area contributed by atoms with Gasteiger partial charge in [-0.2, -0.15) is 13.2 Å². The molecule has 0 aliphatic carbocycles. The van der Waals surface area contributed by atoms with Gasteiger partial charge in [0.15, 0.2) is 0 Å². The van der Waals surface area contributed by atoms with Gasteiger partial charge in [0.1, 0.15) is 0 Å². The molecule has 2 atom stereocenters. The van der Waals surface area contributed by atoms with E-state index in [4.69, 9.17) is 0 Å². The second kappa shape index (κ2) is 6.90. The third kappa shape index (κ3) is 3.94. The highest BCUT2D eigenvalue weighted by atomic mass is 32.2. The Morgan fingerprint density at radius 1 is 1.36 bits per heavy atom. The number of benzene rings is 1. The summed E-state index contributed by atoms with van der Waals surface area (Å²) in [5, 5.41) is 1.89. The topological polar surface area (TPSA) is 49.4 Å². The summed E-state index contributed by atoms with van der Waals surface area (Å²) < 4.78 is 38.3. The normalized spacial score (nSPS) is 23.8. The van der Waals surface area contributed by atoms with Gasteiger partial charge in [0.05, 0.1) is 16.5 Å². The first-order chi connectivity index (χ1) is 11.8. The average Bonchev–Trinajstić information content (AvgIpc) is 2.54. The number of nitrogens with zero attached hydrogens (tertiary/aromatic N) is 1. The van der Waals surface area contributed by atoms with E-state index in [2.05, 4.69) is 5.32 Å². The summed E-state index contributed by atoms with van der Waals surface area (Å²) in [6.07, 6.45) is -1.39. The molecule has 2 aliphatic rings. The Labute approximate surface area is 148 Å². The summed E-state index contributed by atoms with van der Waals surface area (Å²) in [6, 6.07) is 3.45. The molecule has 0 saturated carbocycles. The van der Waals surface area contributed by atoms with Crippen molar-refractivity contribution in [2.45, 2.75) is 55.0 Å². The fourth-order valence-electron chi connectivity index (χ4n) is 3.21. The van der Waals surface area contributed by atoms with Gasteiger partial charge < -0.3 is 10.2 Å². The van der Waals surface area contributed by atoms with E-state index in [1.54, 1.807) is 4.90 Å². The zero-order valence-electron chi connectivity index (χ0n) is 13.7. The summed E-state index contributed by atoms with van der Waals surface area (Å²) in [6.45, 7) is 2.70. The number of hydrogen-bond donors (Lipinski definition) is 1. The molecule has 136 valence electrons. The van der Waals surface area contributed by atoms with Crippen molar-refractivity contribution < 1.29 is 22.8 Å². The Morgan fingerprint density at radius 3 is 2.80 bits per heavy atom. The minimum atomic E-state index is -4.46. The van der Waals surface area contributed by atoms with Gasteiger partial charge in [-0.15, -0.1) is 11.8 Å². The summed E-state index contributed by atoms with van der Waals surface area (Å²) in [5.41, 5.74) is -0.649. The van der Waals surface area contributed by atoms with Gasteiger partial charge in [-0.3, -0.25) is 9.59 Å². The lowest BCUT2D eigenvalue weighted by Gasteiger charge is -2.34. The molecular weight excluding hydrogens is 353 g/mol. The van der Waals surface area contributed by atoms with Gasteiger partial charge in [-0.05, 0) is 44.4 Å². The highest BCUT2D eigenvalue weighted by Crippen LogP contribution is 2.40. The first-order valence-electron chi connectivity index (χ1n) is 8.24. The maximum Gasteiger partial charge on any atom is 0.416 e. The van der Waals surface area contributed by atoms with Crippen LogP contribution in [0, 0.1) is 0 Å². The molecule has 25 heavy (non-hydrogen) atoms. The van der Waals surface area contributed by atoms with E-state index in [9.17, 15) is 22.8 Å². The third-order valence-electron chi connectivity index (χ3n) is 4.61. The Kier molecular flexibility index (Phi) is 4.99. The molecule has 1 saturated heterocycles. The van der Waals surface area contributed by atoms with Gasteiger partial charge in [-0.25, -0.2) is 0 Å². The number of amides is 2.